The van der Waals surface area contributed by atoms with Gasteiger partial charge in [0.1, 0.15) is 12.2 Å². The molecule has 0 bridgehead atoms. The molecular formula is C20H24O6. The van der Waals surface area contributed by atoms with Crippen LogP contribution in [-0.2, 0) is 23.9 Å². The molecule has 0 spiro atoms. The van der Waals surface area contributed by atoms with Crippen LogP contribution < -0.4 is 0 Å². The van der Waals surface area contributed by atoms with Crippen LogP contribution >= 0.6 is 0 Å². The van der Waals surface area contributed by atoms with Crippen molar-refractivity contribution in [3.05, 3.63) is 34.4 Å². The number of esters is 2. The van der Waals surface area contributed by atoms with E-state index >= 15 is 0 Å². The Kier molecular flexibility index (Phi) is 4.43. The van der Waals surface area contributed by atoms with Gasteiger partial charge >= 0.3 is 11.9 Å². The van der Waals surface area contributed by atoms with E-state index in [9.17, 15) is 19.5 Å². The fourth-order valence-corrected chi connectivity index (χ4v) is 4.28. The zero-order valence-electron chi connectivity index (χ0n) is 15.7. The van der Waals surface area contributed by atoms with Gasteiger partial charge in [0.05, 0.1) is 5.92 Å². The van der Waals surface area contributed by atoms with E-state index < -0.39 is 41.6 Å². The van der Waals surface area contributed by atoms with E-state index in [0.29, 0.717) is 11.1 Å². The lowest BCUT2D eigenvalue weighted by Crippen LogP contribution is -2.47. The summed E-state index contributed by atoms with van der Waals surface area (Å²) in [5.41, 5.74) is 0.825. The van der Waals surface area contributed by atoms with Crippen LogP contribution in [0.25, 0.3) is 0 Å². The molecule has 1 aliphatic heterocycles. The average Bonchev–Trinajstić information content (AvgIpc) is 2.92. The van der Waals surface area contributed by atoms with Gasteiger partial charge < -0.3 is 14.6 Å². The van der Waals surface area contributed by atoms with Crippen LogP contribution in [0.15, 0.2) is 34.4 Å². The Bertz CT molecular complexity index is 782. The van der Waals surface area contributed by atoms with Crippen LogP contribution in [0.4, 0.5) is 0 Å². The normalized spacial score (nSPS) is 37.0. The molecule has 3 aliphatic rings. The largest absolute Gasteiger partial charge is 0.459 e. The molecule has 6 nitrogen and oxygen atoms in total. The van der Waals surface area contributed by atoms with Gasteiger partial charge in [0.15, 0.2) is 11.4 Å². The van der Waals surface area contributed by atoms with Crippen LogP contribution in [0.2, 0.25) is 0 Å². The van der Waals surface area contributed by atoms with Gasteiger partial charge in [-0.15, -0.1) is 0 Å². The Hall–Kier alpha value is -2.21. The number of allylic oxidation sites excluding steroid dienone is 2. The van der Waals surface area contributed by atoms with E-state index in [1.807, 2.05) is 13.8 Å². The molecule has 6 heteroatoms. The van der Waals surface area contributed by atoms with Gasteiger partial charge in [-0.1, -0.05) is 17.2 Å². The quantitative estimate of drug-likeness (QED) is 0.599. The van der Waals surface area contributed by atoms with Crippen molar-refractivity contribution in [1.82, 2.24) is 0 Å². The van der Waals surface area contributed by atoms with Crippen molar-refractivity contribution < 1.29 is 29.0 Å². The highest BCUT2D eigenvalue weighted by Gasteiger charge is 2.62. The summed E-state index contributed by atoms with van der Waals surface area (Å²) in [5, 5.41) is 10.8. The minimum atomic E-state index is -1.79. The Morgan fingerprint density at radius 1 is 1.38 bits per heavy atom. The molecule has 2 aliphatic carbocycles. The minimum Gasteiger partial charge on any atom is -0.459 e. The molecule has 0 unspecified atom stereocenters. The predicted octanol–water partition coefficient (Wildman–Crippen LogP) is 2.02. The molecular weight excluding hydrogens is 336 g/mol. The maximum Gasteiger partial charge on any atom is 0.338 e. The first-order valence-electron chi connectivity index (χ1n) is 8.79. The van der Waals surface area contributed by atoms with Crippen molar-refractivity contribution in [3.8, 4) is 0 Å². The van der Waals surface area contributed by atoms with E-state index in [0.717, 1.165) is 11.1 Å². The summed E-state index contributed by atoms with van der Waals surface area (Å²) in [6, 6.07) is 0. The molecule has 0 aromatic carbocycles. The summed E-state index contributed by atoms with van der Waals surface area (Å²) in [6.45, 7) is 8.40. The van der Waals surface area contributed by atoms with Crippen LogP contribution in [0.5, 0.6) is 0 Å². The van der Waals surface area contributed by atoms with Gasteiger partial charge in [-0.25, -0.2) is 9.59 Å². The number of ketones is 1. The van der Waals surface area contributed by atoms with Crippen molar-refractivity contribution in [2.24, 2.45) is 11.8 Å². The molecule has 0 radical (unpaired) electrons. The fourth-order valence-electron chi connectivity index (χ4n) is 4.28. The van der Waals surface area contributed by atoms with Crippen LogP contribution in [0, 0.1) is 11.8 Å². The lowest BCUT2D eigenvalue weighted by atomic mass is 9.77. The fraction of sp³-hybridized carbons (Fsp3) is 0.550. The lowest BCUT2D eigenvalue weighted by Gasteiger charge is -2.32. The monoisotopic (exact) mass is 360 g/mol. The molecule has 0 aromatic rings. The number of rotatable bonds is 2. The first-order chi connectivity index (χ1) is 12.1. The molecule has 5 atom stereocenters. The van der Waals surface area contributed by atoms with Gasteiger partial charge in [0.2, 0.25) is 0 Å². The lowest BCUT2D eigenvalue weighted by molar-refractivity contribution is -0.159. The van der Waals surface area contributed by atoms with Crippen LogP contribution in [0.1, 0.15) is 41.0 Å². The first-order valence-corrected chi connectivity index (χ1v) is 8.79. The zero-order chi connectivity index (χ0) is 19.4. The Morgan fingerprint density at radius 3 is 2.65 bits per heavy atom. The highest BCUT2D eigenvalue weighted by atomic mass is 16.6. The summed E-state index contributed by atoms with van der Waals surface area (Å²) < 4.78 is 11.2. The molecule has 1 fully saturated rings. The Morgan fingerprint density at radius 2 is 2.04 bits per heavy atom. The second kappa shape index (κ2) is 6.20. The molecule has 1 N–H and O–H groups in total. The Balaban J connectivity index is 2.08. The number of aliphatic hydroxyl groups is 1. The van der Waals surface area contributed by atoms with Crippen molar-refractivity contribution in [3.63, 3.8) is 0 Å². The molecule has 0 amide bonds. The third-order valence-corrected chi connectivity index (χ3v) is 5.79. The molecule has 1 heterocycles. The predicted molar refractivity (Wildman–Crippen MR) is 92.9 cm³/mol. The van der Waals surface area contributed by atoms with Crippen LogP contribution in [-0.4, -0.2) is 40.6 Å². The standard InChI is InChI=1S/C20H24O6/c1-6-9(2)18(22)25-13-8-11(4)14-12(21)7-10(3)15(14)17-16(13)20(5,24)19(23)26-17/h6-7,13,15-17,24H,8H2,1-5H3/b9-6-/t13-,15+,16+,17-,20-/m0/s1. The third kappa shape index (κ3) is 2.63. The maximum absolute atomic E-state index is 12.4. The zero-order valence-corrected chi connectivity index (χ0v) is 15.7. The average molecular weight is 360 g/mol. The molecule has 140 valence electrons. The summed E-state index contributed by atoms with van der Waals surface area (Å²) >= 11 is 0. The molecule has 0 aromatic heterocycles. The molecule has 0 saturated carbocycles. The molecule has 1 saturated heterocycles. The Labute approximate surface area is 152 Å². The van der Waals surface area contributed by atoms with Crippen molar-refractivity contribution in [2.75, 3.05) is 0 Å². The van der Waals surface area contributed by atoms with Crippen molar-refractivity contribution in [1.29, 1.82) is 0 Å². The topological polar surface area (TPSA) is 89.9 Å². The smallest absolute Gasteiger partial charge is 0.338 e. The summed E-state index contributed by atoms with van der Waals surface area (Å²) in [5.74, 6) is -2.52. The second-order valence-corrected chi connectivity index (χ2v) is 7.59. The van der Waals surface area contributed by atoms with Crippen LogP contribution in [0.3, 0.4) is 0 Å². The summed E-state index contributed by atoms with van der Waals surface area (Å²) in [7, 11) is 0. The summed E-state index contributed by atoms with van der Waals surface area (Å²) in [6.07, 6.45) is 1.97. The van der Waals surface area contributed by atoms with Crippen molar-refractivity contribution >= 4 is 17.7 Å². The molecule has 26 heavy (non-hydrogen) atoms. The van der Waals surface area contributed by atoms with E-state index in [1.165, 1.54) is 6.92 Å². The number of carbonyl (C=O) groups excluding carboxylic acids is 3. The number of hydrogen-bond acceptors (Lipinski definition) is 6. The van der Waals surface area contributed by atoms with Crippen molar-refractivity contribution in [2.45, 2.75) is 58.8 Å². The van der Waals surface area contributed by atoms with Gasteiger partial charge in [-0.2, -0.15) is 0 Å². The van der Waals surface area contributed by atoms with Gasteiger partial charge in [-0.05, 0) is 40.7 Å². The number of hydrogen-bond donors (Lipinski definition) is 1. The highest BCUT2D eigenvalue weighted by molar-refractivity contribution is 6.09. The maximum atomic E-state index is 12.4. The highest BCUT2D eigenvalue weighted by Crippen LogP contribution is 2.49. The van der Waals surface area contributed by atoms with E-state index in [2.05, 4.69) is 0 Å². The summed E-state index contributed by atoms with van der Waals surface area (Å²) in [4.78, 5) is 37.1. The number of fused-ring (bicyclic) bond motifs is 3. The van der Waals surface area contributed by atoms with Gasteiger partial charge in [-0.3, -0.25) is 4.79 Å². The van der Waals surface area contributed by atoms with E-state index in [4.69, 9.17) is 9.47 Å². The second-order valence-electron chi connectivity index (χ2n) is 7.59. The van der Waals surface area contributed by atoms with E-state index in [1.54, 1.807) is 26.0 Å². The minimum absolute atomic E-state index is 0.108. The van der Waals surface area contributed by atoms with Gasteiger partial charge in [0, 0.05) is 23.5 Å². The number of carbonyl (C=O) groups is 3. The third-order valence-electron chi connectivity index (χ3n) is 5.79. The van der Waals surface area contributed by atoms with Gasteiger partial charge in [0.25, 0.3) is 0 Å². The number of ether oxygens (including phenoxy) is 2. The molecule has 3 rings (SSSR count). The first kappa shape index (κ1) is 18.6. The SMILES string of the molecule is C/C=C(/C)C(=O)O[C@H]1CC(C)=C2C(=O)C=C(C)[C@H]2[C@@H]2OC(=O)[C@@](C)(O)[C@@H]21. The van der Waals surface area contributed by atoms with E-state index in [-0.39, 0.29) is 12.2 Å².